The molecule has 0 radical (unpaired) electrons. The first-order valence-corrected chi connectivity index (χ1v) is 9.59. The molecule has 1 fully saturated rings. The molecule has 2 aromatic heterocycles. The summed E-state index contributed by atoms with van der Waals surface area (Å²) in [5, 5.41) is 2.60. The van der Waals surface area contributed by atoms with Crippen LogP contribution in [0.2, 0.25) is 0 Å². The Morgan fingerprint density at radius 3 is 2.89 bits per heavy atom. The van der Waals surface area contributed by atoms with Crippen LogP contribution >= 0.6 is 23.1 Å². The van der Waals surface area contributed by atoms with Gasteiger partial charge in [0.1, 0.15) is 12.3 Å². The van der Waals surface area contributed by atoms with Crippen molar-refractivity contribution in [1.29, 1.82) is 0 Å². The number of aromatic nitrogens is 1. The van der Waals surface area contributed by atoms with Crippen molar-refractivity contribution in [3.8, 4) is 0 Å². The van der Waals surface area contributed by atoms with Crippen molar-refractivity contribution in [2.45, 2.75) is 6.92 Å². The van der Waals surface area contributed by atoms with Gasteiger partial charge in [0, 0.05) is 6.08 Å². The monoisotopic (exact) mass is 399 g/mol. The van der Waals surface area contributed by atoms with Crippen LogP contribution in [-0.2, 0) is 9.59 Å². The van der Waals surface area contributed by atoms with Crippen molar-refractivity contribution in [3.63, 3.8) is 0 Å². The Labute approximate surface area is 162 Å². The van der Waals surface area contributed by atoms with Crippen LogP contribution in [0.5, 0.6) is 0 Å². The topological polar surface area (TPSA) is 92.5 Å². The smallest absolute Gasteiger partial charge is 0.294 e. The fourth-order valence-corrected chi connectivity index (χ4v) is 4.36. The standard InChI is InChI=1S/C18H13N3O4S2/c1-10-4-2-6-12-15(10)20-17(26-12)19-14(22)9-21-16(23)13(27-18(21)24)8-11-5-3-7-25-11/h2-8H,9H2,1H3,(H,19,20,22)/b13-8+. The maximum absolute atomic E-state index is 12.4. The summed E-state index contributed by atoms with van der Waals surface area (Å²) in [6.45, 7) is 1.58. The van der Waals surface area contributed by atoms with Gasteiger partial charge in [-0.15, -0.1) is 0 Å². The molecule has 9 heteroatoms. The van der Waals surface area contributed by atoms with Gasteiger partial charge in [-0.3, -0.25) is 19.3 Å². The zero-order valence-corrected chi connectivity index (χ0v) is 15.7. The number of hydrogen-bond acceptors (Lipinski definition) is 7. The second-order valence-corrected chi connectivity index (χ2v) is 7.80. The van der Waals surface area contributed by atoms with Gasteiger partial charge in [-0.25, -0.2) is 4.98 Å². The van der Waals surface area contributed by atoms with E-state index in [1.807, 2.05) is 25.1 Å². The van der Waals surface area contributed by atoms with Crippen molar-refractivity contribution in [2.24, 2.45) is 0 Å². The van der Waals surface area contributed by atoms with E-state index in [9.17, 15) is 14.4 Å². The Morgan fingerprint density at radius 2 is 2.15 bits per heavy atom. The molecule has 0 atom stereocenters. The van der Waals surface area contributed by atoms with Gasteiger partial charge < -0.3 is 9.73 Å². The lowest BCUT2D eigenvalue weighted by Crippen LogP contribution is -2.36. The van der Waals surface area contributed by atoms with Crippen molar-refractivity contribution in [1.82, 2.24) is 9.88 Å². The molecule has 27 heavy (non-hydrogen) atoms. The number of nitrogens with zero attached hydrogens (tertiary/aromatic N) is 2. The van der Waals surface area contributed by atoms with E-state index >= 15 is 0 Å². The normalized spacial score (nSPS) is 15.9. The molecule has 3 amide bonds. The van der Waals surface area contributed by atoms with Crippen LogP contribution in [0.15, 0.2) is 45.9 Å². The third kappa shape index (κ3) is 3.51. The highest BCUT2D eigenvalue weighted by molar-refractivity contribution is 8.18. The Bertz CT molecular complexity index is 1090. The van der Waals surface area contributed by atoms with Gasteiger partial charge in [0.05, 0.1) is 21.4 Å². The van der Waals surface area contributed by atoms with Crippen LogP contribution in [0.1, 0.15) is 11.3 Å². The summed E-state index contributed by atoms with van der Waals surface area (Å²) in [6, 6.07) is 9.15. The summed E-state index contributed by atoms with van der Waals surface area (Å²) in [7, 11) is 0. The molecule has 1 aliphatic rings. The quantitative estimate of drug-likeness (QED) is 0.670. The Hall–Kier alpha value is -2.91. The zero-order chi connectivity index (χ0) is 19.0. The predicted molar refractivity (Wildman–Crippen MR) is 104 cm³/mol. The number of hydrogen-bond donors (Lipinski definition) is 1. The zero-order valence-electron chi connectivity index (χ0n) is 14.1. The molecule has 0 aliphatic carbocycles. The van der Waals surface area contributed by atoms with Crippen LogP contribution in [-0.4, -0.2) is 33.5 Å². The van der Waals surface area contributed by atoms with Gasteiger partial charge in [0.2, 0.25) is 5.91 Å². The third-order valence-electron chi connectivity index (χ3n) is 3.86. The molecule has 4 rings (SSSR count). The summed E-state index contributed by atoms with van der Waals surface area (Å²) in [4.78, 5) is 42.3. The summed E-state index contributed by atoms with van der Waals surface area (Å²) < 4.78 is 6.11. The molecule has 1 aromatic carbocycles. The number of imide groups is 1. The number of amides is 3. The van der Waals surface area contributed by atoms with E-state index < -0.39 is 17.1 Å². The molecular formula is C18H13N3O4S2. The van der Waals surface area contributed by atoms with Gasteiger partial charge in [0.15, 0.2) is 5.13 Å². The maximum atomic E-state index is 12.4. The summed E-state index contributed by atoms with van der Waals surface area (Å²) >= 11 is 2.12. The second kappa shape index (κ2) is 7.01. The first kappa shape index (κ1) is 17.5. The number of carbonyl (C=O) groups excluding carboxylic acids is 3. The maximum Gasteiger partial charge on any atom is 0.294 e. The van der Waals surface area contributed by atoms with E-state index in [0.29, 0.717) is 10.9 Å². The second-order valence-electron chi connectivity index (χ2n) is 5.77. The molecule has 3 aromatic rings. The van der Waals surface area contributed by atoms with Gasteiger partial charge in [0.25, 0.3) is 11.1 Å². The number of rotatable bonds is 4. The SMILES string of the molecule is Cc1cccc2sc(NC(=O)CN3C(=O)S/C(=C/c4ccco4)C3=O)nc12. The predicted octanol–water partition coefficient (Wildman–Crippen LogP) is 3.87. The largest absolute Gasteiger partial charge is 0.465 e. The molecule has 0 spiro atoms. The molecular weight excluding hydrogens is 386 g/mol. The summed E-state index contributed by atoms with van der Waals surface area (Å²) in [6.07, 6.45) is 2.96. The van der Waals surface area contributed by atoms with Crippen LogP contribution in [0, 0.1) is 6.92 Å². The van der Waals surface area contributed by atoms with Gasteiger partial charge in [-0.05, 0) is 42.4 Å². The number of furan rings is 1. The Balaban J connectivity index is 1.46. The number of anilines is 1. The average molecular weight is 399 g/mol. The Morgan fingerprint density at radius 1 is 1.30 bits per heavy atom. The summed E-state index contributed by atoms with van der Waals surface area (Å²) in [5.41, 5.74) is 1.84. The number of para-hydroxylation sites is 1. The van der Waals surface area contributed by atoms with Crippen LogP contribution in [0.25, 0.3) is 16.3 Å². The third-order valence-corrected chi connectivity index (χ3v) is 5.70. The van der Waals surface area contributed by atoms with Crippen LogP contribution < -0.4 is 5.32 Å². The fourth-order valence-electron chi connectivity index (χ4n) is 2.58. The number of nitrogens with one attached hydrogen (secondary N) is 1. The van der Waals surface area contributed by atoms with Crippen molar-refractivity contribution in [3.05, 3.63) is 52.8 Å². The lowest BCUT2D eigenvalue weighted by molar-refractivity contribution is -0.127. The summed E-state index contributed by atoms with van der Waals surface area (Å²) in [5.74, 6) is -0.528. The lowest BCUT2D eigenvalue weighted by atomic mass is 10.2. The van der Waals surface area contributed by atoms with Gasteiger partial charge >= 0.3 is 0 Å². The van der Waals surface area contributed by atoms with E-state index in [1.165, 1.54) is 23.7 Å². The minimum Gasteiger partial charge on any atom is -0.465 e. The van der Waals surface area contributed by atoms with Crippen molar-refractivity contribution in [2.75, 3.05) is 11.9 Å². The minimum atomic E-state index is -0.517. The first-order chi connectivity index (χ1) is 13.0. The van der Waals surface area contributed by atoms with E-state index in [0.717, 1.165) is 32.4 Å². The number of aryl methyl sites for hydroxylation is 1. The van der Waals surface area contributed by atoms with E-state index in [1.54, 1.807) is 12.1 Å². The molecule has 0 bridgehead atoms. The molecule has 136 valence electrons. The highest BCUT2D eigenvalue weighted by atomic mass is 32.2. The van der Waals surface area contributed by atoms with E-state index in [2.05, 4.69) is 10.3 Å². The molecule has 0 unspecified atom stereocenters. The lowest BCUT2D eigenvalue weighted by Gasteiger charge is -2.11. The molecule has 1 aliphatic heterocycles. The van der Waals surface area contributed by atoms with Crippen LogP contribution in [0.4, 0.5) is 9.93 Å². The number of thioether (sulfide) groups is 1. The molecule has 1 N–H and O–H groups in total. The Kier molecular flexibility index (Phi) is 4.54. The van der Waals surface area contributed by atoms with Gasteiger partial charge in [-0.2, -0.15) is 0 Å². The first-order valence-electron chi connectivity index (χ1n) is 7.96. The molecule has 1 saturated heterocycles. The van der Waals surface area contributed by atoms with Gasteiger partial charge in [-0.1, -0.05) is 23.5 Å². The van der Waals surface area contributed by atoms with E-state index in [4.69, 9.17) is 4.42 Å². The molecule has 3 heterocycles. The highest BCUT2D eigenvalue weighted by Gasteiger charge is 2.36. The average Bonchev–Trinajstić information content (AvgIpc) is 3.33. The number of benzene rings is 1. The molecule has 0 saturated carbocycles. The molecule has 7 nitrogen and oxygen atoms in total. The number of carbonyl (C=O) groups is 3. The van der Waals surface area contributed by atoms with Crippen LogP contribution in [0.3, 0.4) is 0 Å². The number of thiazole rings is 1. The number of fused-ring (bicyclic) bond motifs is 1. The minimum absolute atomic E-state index is 0.221. The van der Waals surface area contributed by atoms with Crippen molar-refractivity contribution < 1.29 is 18.8 Å². The highest BCUT2D eigenvalue weighted by Crippen LogP contribution is 2.32. The van der Waals surface area contributed by atoms with E-state index in [-0.39, 0.29) is 11.4 Å². The fraction of sp³-hybridized carbons (Fsp3) is 0.111. The van der Waals surface area contributed by atoms with Crippen molar-refractivity contribution >= 4 is 61.6 Å².